The first-order chi connectivity index (χ1) is 13.2. The van der Waals surface area contributed by atoms with Crippen molar-refractivity contribution in [1.82, 2.24) is 9.55 Å². The van der Waals surface area contributed by atoms with Crippen LogP contribution in [-0.2, 0) is 0 Å². The Morgan fingerprint density at radius 3 is 2.93 bits per heavy atom. The Hall–Kier alpha value is -1.65. The Kier molecular flexibility index (Phi) is 3.43. The predicted octanol–water partition coefficient (Wildman–Crippen LogP) is 3.78. The fourth-order valence-electron chi connectivity index (χ4n) is 7.20. The summed E-state index contributed by atoms with van der Waals surface area (Å²) in [7, 11) is 0. The Morgan fingerprint density at radius 2 is 2.00 bits per heavy atom. The van der Waals surface area contributed by atoms with Crippen molar-refractivity contribution in [2.75, 3.05) is 0 Å². The molecule has 3 saturated carbocycles. The van der Waals surface area contributed by atoms with Gasteiger partial charge in [0.05, 0.1) is 36.0 Å². The molecule has 3 bridgehead atoms. The number of rotatable bonds is 3. The topological polar surface area (TPSA) is 58.3 Å². The lowest BCUT2D eigenvalue weighted by atomic mass is 9.49. The van der Waals surface area contributed by atoms with Crippen LogP contribution < -0.4 is 0 Å². The van der Waals surface area contributed by atoms with Crippen molar-refractivity contribution in [3.63, 3.8) is 0 Å². The van der Waals surface area contributed by atoms with E-state index in [1.807, 2.05) is 12.5 Å². The maximum absolute atomic E-state index is 11.9. The van der Waals surface area contributed by atoms with E-state index in [0.29, 0.717) is 12.3 Å². The third-order valence-corrected chi connectivity index (χ3v) is 8.43. The molecule has 3 fully saturated rings. The molecule has 4 aliphatic rings. The van der Waals surface area contributed by atoms with Gasteiger partial charge < -0.3 is 14.8 Å². The molecule has 1 aliphatic heterocycles. The molecule has 1 aromatic carbocycles. The molecule has 0 spiro atoms. The zero-order valence-electron chi connectivity index (χ0n) is 15.7. The Balaban J connectivity index is 1.35. The van der Waals surface area contributed by atoms with E-state index in [-0.39, 0.29) is 17.9 Å². The standard InChI is InChI=1S/C23H28N2O2/c26-22(23(27)16-8-7-15-6-5-14(9-16)10-19(15)23)11-20-17-3-1-2-4-18(17)21-12-24-13-25(20)21/h1-4,12-16,19-20,22,26-27H,5-11H2. The van der Waals surface area contributed by atoms with Gasteiger partial charge in [0, 0.05) is 12.0 Å². The molecule has 2 aromatic rings. The van der Waals surface area contributed by atoms with Crippen LogP contribution in [0, 0.1) is 23.7 Å². The van der Waals surface area contributed by atoms with Crippen LogP contribution in [0.3, 0.4) is 0 Å². The van der Waals surface area contributed by atoms with Crippen LogP contribution in [0.5, 0.6) is 0 Å². The number of aliphatic hydroxyl groups excluding tert-OH is 1. The zero-order chi connectivity index (χ0) is 18.2. The highest BCUT2D eigenvalue weighted by Crippen LogP contribution is 2.59. The molecule has 2 N–H and O–H groups in total. The second-order valence-electron chi connectivity index (χ2n) is 9.48. The normalized spacial score (nSPS) is 39.9. The molecule has 7 atom stereocenters. The van der Waals surface area contributed by atoms with Crippen LogP contribution in [-0.4, -0.2) is 31.5 Å². The molecule has 7 unspecified atom stereocenters. The molecule has 6 rings (SSSR count). The average Bonchev–Trinajstić information content (AvgIpc) is 3.24. The highest BCUT2D eigenvalue weighted by atomic mass is 16.3. The highest BCUT2D eigenvalue weighted by Gasteiger charge is 2.59. The van der Waals surface area contributed by atoms with E-state index < -0.39 is 11.7 Å². The van der Waals surface area contributed by atoms with Crippen LogP contribution in [0.2, 0.25) is 0 Å². The van der Waals surface area contributed by atoms with Crippen molar-refractivity contribution in [2.24, 2.45) is 23.7 Å². The minimum Gasteiger partial charge on any atom is -0.390 e. The lowest BCUT2D eigenvalue weighted by molar-refractivity contribution is -0.223. The summed E-state index contributed by atoms with van der Waals surface area (Å²) in [6.07, 6.45) is 10.8. The van der Waals surface area contributed by atoms with Crippen molar-refractivity contribution in [3.05, 3.63) is 42.4 Å². The van der Waals surface area contributed by atoms with Gasteiger partial charge in [-0.1, -0.05) is 30.7 Å². The monoisotopic (exact) mass is 364 g/mol. The molecule has 3 aliphatic carbocycles. The third-order valence-electron chi connectivity index (χ3n) is 8.43. The van der Waals surface area contributed by atoms with E-state index >= 15 is 0 Å². The van der Waals surface area contributed by atoms with Crippen molar-refractivity contribution < 1.29 is 10.2 Å². The fraction of sp³-hybridized carbons (Fsp3) is 0.609. The Labute approximate surface area is 160 Å². The summed E-state index contributed by atoms with van der Waals surface area (Å²) in [5, 5.41) is 23.3. The summed E-state index contributed by atoms with van der Waals surface area (Å²) in [6.45, 7) is 0. The van der Waals surface area contributed by atoms with Gasteiger partial charge in [-0.05, 0) is 61.3 Å². The number of aromatic nitrogens is 2. The second kappa shape index (κ2) is 5.68. The number of hydrogen-bond donors (Lipinski definition) is 2. The first kappa shape index (κ1) is 16.3. The maximum Gasteiger partial charge on any atom is 0.0965 e. The van der Waals surface area contributed by atoms with Gasteiger partial charge in [-0.25, -0.2) is 4.98 Å². The molecule has 0 radical (unpaired) electrons. The molecule has 4 heteroatoms. The van der Waals surface area contributed by atoms with E-state index in [1.165, 1.54) is 30.4 Å². The van der Waals surface area contributed by atoms with Gasteiger partial charge in [0.25, 0.3) is 0 Å². The highest BCUT2D eigenvalue weighted by molar-refractivity contribution is 5.68. The van der Waals surface area contributed by atoms with Crippen LogP contribution in [0.15, 0.2) is 36.8 Å². The van der Waals surface area contributed by atoms with Gasteiger partial charge in [-0.3, -0.25) is 0 Å². The van der Waals surface area contributed by atoms with E-state index in [0.717, 1.165) is 30.9 Å². The number of fused-ring (bicyclic) bond motifs is 5. The molecule has 1 aromatic heterocycles. The Bertz CT molecular complexity index is 873. The van der Waals surface area contributed by atoms with Gasteiger partial charge in [0.15, 0.2) is 0 Å². The molecule has 142 valence electrons. The summed E-state index contributed by atoms with van der Waals surface area (Å²) in [4.78, 5) is 4.34. The lowest BCUT2D eigenvalue weighted by Crippen LogP contribution is -2.63. The SMILES string of the molecule is OC(CC1c2ccccc2-c2cncn21)C1(O)C2CCC3CCC(C2)CC31. The van der Waals surface area contributed by atoms with Gasteiger partial charge in [0.2, 0.25) is 0 Å². The molecule has 2 heterocycles. The second-order valence-corrected chi connectivity index (χ2v) is 9.48. The number of aliphatic hydroxyl groups is 2. The van der Waals surface area contributed by atoms with Gasteiger partial charge in [0.1, 0.15) is 0 Å². The van der Waals surface area contributed by atoms with Gasteiger partial charge >= 0.3 is 0 Å². The number of hydrogen-bond acceptors (Lipinski definition) is 3. The van der Waals surface area contributed by atoms with E-state index in [4.69, 9.17) is 0 Å². The van der Waals surface area contributed by atoms with Crippen molar-refractivity contribution >= 4 is 0 Å². The smallest absolute Gasteiger partial charge is 0.0965 e. The largest absolute Gasteiger partial charge is 0.390 e. The molecule has 4 nitrogen and oxygen atoms in total. The van der Waals surface area contributed by atoms with Crippen molar-refractivity contribution in [1.29, 1.82) is 0 Å². The summed E-state index contributed by atoms with van der Waals surface area (Å²) < 4.78 is 2.18. The quantitative estimate of drug-likeness (QED) is 0.871. The molecule has 0 amide bonds. The van der Waals surface area contributed by atoms with E-state index in [9.17, 15) is 10.2 Å². The minimum atomic E-state index is -0.905. The summed E-state index contributed by atoms with van der Waals surface area (Å²) in [6, 6.07) is 8.50. The van der Waals surface area contributed by atoms with Crippen LogP contribution in [0.1, 0.15) is 56.6 Å². The summed E-state index contributed by atoms with van der Waals surface area (Å²) >= 11 is 0. The lowest BCUT2D eigenvalue weighted by Gasteiger charge is -2.59. The predicted molar refractivity (Wildman–Crippen MR) is 103 cm³/mol. The molecular formula is C23H28N2O2. The fourth-order valence-corrected chi connectivity index (χ4v) is 7.20. The molecule has 0 saturated heterocycles. The van der Waals surface area contributed by atoms with Gasteiger partial charge in [-0.2, -0.15) is 0 Å². The molecular weight excluding hydrogens is 336 g/mol. The van der Waals surface area contributed by atoms with Crippen LogP contribution >= 0.6 is 0 Å². The first-order valence-electron chi connectivity index (χ1n) is 10.7. The van der Waals surface area contributed by atoms with Crippen molar-refractivity contribution in [3.8, 4) is 11.3 Å². The third kappa shape index (κ3) is 2.14. The van der Waals surface area contributed by atoms with E-state index in [1.54, 1.807) is 0 Å². The number of imidazole rings is 1. The van der Waals surface area contributed by atoms with Crippen LogP contribution in [0.25, 0.3) is 11.3 Å². The Morgan fingerprint density at radius 1 is 1.15 bits per heavy atom. The summed E-state index contributed by atoms with van der Waals surface area (Å²) in [5.41, 5.74) is 2.68. The minimum absolute atomic E-state index is 0.0672. The average molecular weight is 364 g/mol. The number of nitrogens with zero attached hydrogens (tertiary/aromatic N) is 2. The maximum atomic E-state index is 11.9. The summed E-state index contributed by atoms with van der Waals surface area (Å²) in [5.74, 6) is 1.94. The first-order valence-corrected chi connectivity index (χ1v) is 10.7. The van der Waals surface area contributed by atoms with E-state index in [2.05, 4.69) is 33.8 Å². The number of benzene rings is 1. The zero-order valence-corrected chi connectivity index (χ0v) is 15.7. The van der Waals surface area contributed by atoms with Crippen LogP contribution in [0.4, 0.5) is 0 Å². The molecule has 27 heavy (non-hydrogen) atoms. The van der Waals surface area contributed by atoms with Crippen molar-refractivity contribution in [2.45, 2.75) is 62.7 Å². The van der Waals surface area contributed by atoms with Gasteiger partial charge in [-0.15, -0.1) is 0 Å².